The molecule has 2 aromatic carbocycles. The van der Waals surface area contributed by atoms with Crippen molar-refractivity contribution in [2.75, 3.05) is 27.4 Å². The van der Waals surface area contributed by atoms with Crippen LogP contribution in [0.2, 0.25) is 0 Å². The second-order valence-electron chi connectivity index (χ2n) is 6.02. The summed E-state index contributed by atoms with van der Waals surface area (Å²) in [5.74, 6) is 1.80. The second-order valence-corrected chi connectivity index (χ2v) is 6.02. The lowest BCUT2D eigenvalue weighted by molar-refractivity contribution is 0.0905. The number of hydrogen-bond donors (Lipinski definition) is 1. The summed E-state index contributed by atoms with van der Waals surface area (Å²) >= 11 is 0. The van der Waals surface area contributed by atoms with Crippen LogP contribution in [-0.2, 0) is 11.3 Å². The number of carbonyl (C=O) groups is 1. The summed E-state index contributed by atoms with van der Waals surface area (Å²) in [6.45, 7) is 5.04. The third-order valence-corrected chi connectivity index (χ3v) is 3.87. The Balaban J connectivity index is 2.18. The first-order chi connectivity index (χ1) is 13.1. The Hall–Kier alpha value is -2.73. The molecule has 0 radical (unpaired) electrons. The number of para-hydroxylation sites is 2. The molecule has 2 aromatic rings. The molecule has 0 aromatic heterocycles. The van der Waals surface area contributed by atoms with Gasteiger partial charge in [0.25, 0.3) is 5.91 Å². The van der Waals surface area contributed by atoms with Crippen LogP contribution in [0.5, 0.6) is 17.2 Å². The molecule has 0 fully saturated rings. The quantitative estimate of drug-likeness (QED) is 0.691. The molecule has 0 aliphatic heterocycles. The van der Waals surface area contributed by atoms with Crippen molar-refractivity contribution in [2.45, 2.75) is 26.5 Å². The van der Waals surface area contributed by atoms with E-state index in [-0.39, 0.29) is 18.6 Å². The minimum atomic E-state index is -0.166. The van der Waals surface area contributed by atoms with E-state index < -0.39 is 0 Å². The largest absolute Gasteiger partial charge is 0.493 e. The first-order valence-corrected chi connectivity index (χ1v) is 8.90. The van der Waals surface area contributed by atoms with Crippen molar-refractivity contribution in [1.29, 1.82) is 0 Å². The highest BCUT2D eigenvalue weighted by atomic mass is 16.5. The van der Waals surface area contributed by atoms with Gasteiger partial charge in [-0.2, -0.15) is 0 Å². The predicted molar refractivity (Wildman–Crippen MR) is 104 cm³/mol. The molecular weight excluding hydrogens is 346 g/mol. The van der Waals surface area contributed by atoms with Crippen LogP contribution in [0.25, 0.3) is 0 Å². The molecule has 0 spiro atoms. The van der Waals surface area contributed by atoms with Crippen LogP contribution in [0.3, 0.4) is 0 Å². The smallest absolute Gasteiger partial charge is 0.251 e. The van der Waals surface area contributed by atoms with Crippen molar-refractivity contribution in [3.05, 3.63) is 53.6 Å². The number of rotatable bonds is 10. The van der Waals surface area contributed by atoms with Crippen molar-refractivity contribution in [3.63, 3.8) is 0 Å². The van der Waals surface area contributed by atoms with E-state index in [4.69, 9.17) is 18.9 Å². The topological polar surface area (TPSA) is 66.0 Å². The molecule has 0 heterocycles. The van der Waals surface area contributed by atoms with Gasteiger partial charge in [0, 0.05) is 24.3 Å². The predicted octanol–water partition coefficient (Wildman–Crippen LogP) is 3.44. The summed E-state index contributed by atoms with van der Waals surface area (Å²) in [5.41, 5.74) is 1.33. The molecule has 2 rings (SSSR count). The fourth-order valence-electron chi connectivity index (χ4n) is 2.62. The molecule has 27 heavy (non-hydrogen) atoms. The Labute approximate surface area is 160 Å². The van der Waals surface area contributed by atoms with Gasteiger partial charge in [-0.25, -0.2) is 0 Å². The number of benzene rings is 2. The van der Waals surface area contributed by atoms with Gasteiger partial charge < -0.3 is 24.3 Å². The van der Waals surface area contributed by atoms with Gasteiger partial charge in [0.05, 0.1) is 20.3 Å². The van der Waals surface area contributed by atoms with Gasteiger partial charge in [0.1, 0.15) is 12.4 Å². The molecular formula is C21H27NO5. The summed E-state index contributed by atoms with van der Waals surface area (Å²) in [6.07, 6.45) is 0. The number of ether oxygens (including phenoxy) is 4. The zero-order chi connectivity index (χ0) is 19.6. The number of carbonyl (C=O) groups excluding carboxylic acids is 1. The van der Waals surface area contributed by atoms with E-state index in [2.05, 4.69) is 5.32 Å². The lowest BCUT2D eigenvalue weighted by Gasteiger charge is -2.16. The maximum Gasteiger partial charge on any atom is 0.251 e. The van der Waals surface area contributed by atoms with Gasteiger partial charge >= 0.3 is 0 Å². The van der Waals surface area contributed by atoms with E-state index in [1.165, 1.54) is 0 Å². The molecule has 146 valence electrons. The van der Waals surface area contributed by atoms with Crippen LogP contribution in [0.1, 0.15) is 29.8 Å². The average Bonchev–Trinajstić information content (AvgIpc) is 2.67. The molecule has 0 aliphatic carbocycles. The van der Waals surface area contributed by atoms with Crippen molar-refractivity contribution < 1.29 is 23.7 Å². The highest BCUT2D eigenvalue weighted by Crippen LogP contribution is 2.28. The van der Waals surface area contributed by atoms with E-state index in [1.807, 2.05) is 38.1 Å². The van der Waals surface area contributed by atoms with Crippen molar-refractivity contribution in [2.24, 2.45) is 0 Å². The van der Waals surface area contributed by atoms with Crippen LogP contribution in [0.4, 0.5) is 0 Å². The lowest BCUT2D eigenvalue weighted by Crippen LogP contribution is -2.35. The van der Waals surface area contributed by atoms with Crippen LogP contribution in [0, 0.1) is 0 Å². The number of nitrogens with one attached hydrogen (secondary N) is 1. The standard InChI is InChI=1S/C21H27NO5/c1-5-26-18-11-10-16(21(23)22-15(2)13-24-3)12-17(18)14-27-20-9-7-6-8-19(20)25-4/h6-12,15H,5,13-14H2,1-4H3,(H,22,23)/t15-/m1/s1. The Morgan fingerprint density at radius 3 is 2.44 bits per heavy atom. The Morgan fingerprint density at radius 1 is 1.04 bits per heavy atom. The average molecular weight is 373 g/mol. The van der Waals surface area contributed by atoms with Crippen molar-refractivity contribution in [3.8, 4) is 17.2 Å². The second kappa shape index (κ2) is 10.4. The van der Waals surface area contributed by atoms with E-state index in [0.29, 0.717) is 36.0 Å². The number of hydrogen-bond acceptors (Lipinski definition) is 5. The fraction of sp³-hybridized carbons (Fsp3) is 0.381. The van der Waals surface area contributed by atoms with Gasteiger partial charge in [-0.3, -0.25) is 4.79 Å². The van der Waals surface area contributed by atoms with Crippen molar-refractivity contribution in [1.82, 2.24) is 5.32 Å². The first kappa shape index (κ1) is 20.6. The van der Waals surface area contributed by atoms with E-state index in [0.717, 1.165) is 5.56 Å². The molecule has 0 unspecified atom stereocenters. The first-order valence-electron chi connectivity index (χ1n) is 8.90. The molecule has 6 nitrogen and oxygen atoms in total. The van der Waals surface area contributed by atoms with Crippen LogP contribution in [0.15, 0.2) is 42.5 Å². The molecule has 1 atom stereocenters. The molecule has 0 aliphatic rings. The molecule has 0 bridgehead atoms. The highest BCUT2D eigenvalue weighted by molar-refractivity contribution is 5.94. The normalized spacial score (nSPS) is 11.6. The SMILES string of the molecule is CCOc1ccc(C(=O)N[C@H](C)COC)cc1COc1ccccc1OC. The summed E-state index contributed by atoms with van der Waals surface area (Å²) in [6, 6.07) is 12.7. The summed E-state index contributed by atoms with van der Waals surface area (Å²) in [7, 11) is 3.20. The van der Waals surface area contributed by atoms with E-state index in [1.54, 1.807) is 32.4 Å². The zero-order valence-electron chi connectivity index (χ0n) is 16.3. The number of amides is 1. The maximum atomic E-state index is 12.5. The molecule has 1 N–H and O–H groups in total. The molecule has 6 heteroatoms. The van der Waals surface area contributed by atoms with E-state index in [9.17, 15) is 4.79 Å². The number of methoxy groups -OCH3 is 2. The van der Waals surface area contributed by atoms with Crippen LogP contribution >= 0.6 is 0 Å². The molecule has 0 saturated heterocycles. The van der Waals surface area contributed by atoms with Gasteiger partial charge in [0.2, 0.25) is 0 Å². The third-order valence-electron chi connectivity index (χ3n) is 3.87. The summed E-state index contributed by atoms with van der Waals surface area (Å²) in [5, 5.41) is 2.90. The zero-order valence-corrected chi connectivity index (χ0v) is 16.3. The Morgan fingerprint density at radius 2 is 1.78 bits per heavy atom. The Kier molecular flexibility index (Phi) is 7.95. The van der Waals surface area contributed by atoms with Gasteiger partial charge in [-0.15, -0.1) is 0 Å². The minimum Gasteiger partial charge on any atom is -0.493 e. The third kappa shape index (κ3) is 5.89. The van der Waals surface area contributed by atoms with Crippen molar-refractivity contribution >= 4 is 5.91 Å². The monoisotopic (exact) mass is 373 g/mol. The fourth-order valence-corrected chi connectivity index (χ4v) is 2.62. The van der Waals surface area contributed by atoms with Gasteiger partial charge in [-0.05, 0) is 44.2 Å². The molecule has 0 saturated carbocycles. The molecule has 1 amide bonds. The van der Waals surface area contributed by atoms with Crippen LogP contribution < -0.4 is 19.5 Å². The maximum absolute atomic E-state index is 12.5. The highest BCUT2D eigenvalue weighted by Gasteiger charge is 2.14. The van der Waals surface area contributed by atoms with Gasteiger partial charge in [0.15, 0.2) is 11.5 Å². The van der Waals surface area contributed by atoms with Gasteiger partial charge in [-0.1, -0.05) is 12.1 Å². The lowest BCUT2D eigenvalue weighted by atomic mass is 10.1. The van der Waals surface area contributed by atoms with E-state index >= 15 is 0 Å². The summed E-state index contributed by atoms with van der Waals surface area (Å²) in [4.78, 5) is 12.5. The van der Waals surface area contributed by atoms with Crippen LogP contribution in [-0.4, -0.2) is 39.4 Å². The summed E-state index contributed by atoms with van der Waals surface area (Å²) < 4.78 is 21.9. The Bertz CT molecular complexity index is 747. The minimum absolute atomic E-state index is 0.0812.